The molecule has 0 radical (unpaired) electrons. The zero-order valence-corrected chi connectivity index (χ0v) is 29.7. The first-order valence-corrected chi connectivity index (χ1v) is 17.7. The summed E-state index contributed by atoms with van der Waals surface area (Å²) in [5.74, 6) is -2.82. The van der Waals surface area contributed by atoms with Gasteiger partial charge in [0.1, 0.15) is 18.4 Å². The summed E-state index contributed by atoms with van der Waals surface area (Å²) in [6.07, 6.45) is -0.0153. The minimum atomic E-state index is -2.54. The van der Waals surface area contributed by atoms with Gasteiger partial charge >= 0.3 is 18.1 Å². The number of nitrogens with one attached hydrogen (secondary N) is 1. The van der Waals surface area contributed by atoms with E-state index in [-0.39, 0.29) is 30.2 Å². The van der Waals surface area contributed by atoms with E-state index in [9.17, 15) is 33.6 Å². The quantitative estimate of drug-likeness (QED) is 0.227. The van der Waals surface area contributed by atoms with E-state index in [1.165, 1.54) is 21.1 Å². The largest absolute Gasteiger partial charge is 0.411 e. The number of carbonyl (C=O) groups is 7. The van der Waals surface area contributed by atoms with Gasteiger partial charge in [0.05, 0.1) is 6.10 Å². The molecule has 252 valence electrons. The normalized spacial score (nSPS) is 14.5. The third-order valence-electron chi connectivity index (χ3n) is 8.11. The molecule has 15 heteroatoms. The lowest BCUT2D eigenvalue weighted by Crippen LogP contribution is -2.62. The molecule has 0 aromatic rings. The fourth-order valence-corrected chi connectivity index (χ4v) is 5.56. The van der Waals surface area contributed by atoms with Crippen LogP contribution in [0.1, 0.15) is 67.7 Å². The van der Waals surface area contributed by atoms with Gasteiger partial charge in [0.25, 0.3) is 5.91 Å². The Morgan fingerprint density at radius 3 is 1.82 bits per heavy atom. The Kier molecular flexibility index (Phi) is 15.4. The van der Waals surface area contributed by atoms with Crippen LogP contribution in [0.2, 0.25) is 18.1 Å². The Balaban J connectivity index is 6.44. The smallest absolute Gasteiger partial charge is 0.331 e. The maximum absolute atomic E-state index is 13.8. The average molecular weight is 643 g/mol. The van der Waals surface area contributed by atoms with E-state index < -0.39 is 68.2 Å². The average Bonchev–Trinajstić information content (AvgIpc) is 2.91. The van der Waals surface area contributed by atoms with E-state index in [4.69, 9.17) is 10.2 Å². The minimum Gasteiger partial charge on any atom is -0.411 e. The number of carbonyl (C=O) groups excluding carboxylic acids is 7. The van der Waals surface area contributed by atoms with Crippen LogP contribution < -0.4 is 11.1 Å². The fourth-order valence-electron chi connectivity index (χ4n) is 4.16. The highest BCUT2D eigenvalue weighted by molar-refractivity contribution is 6.74. The second-order valence-electron chi connectivity index (χ2n) is 13.2. The number of rotatable bonds is 13. The van der Waals surface area contributed by atoms with Crippen LogP contribution in [-0.4, -0.2) is 116 Å². The van der Waals surface area contributed by atoms with Crippen molar-refractivity contribution in [3.63, 3.8) is 0 Å². The van der Waals surface area contributed by atoms with Gasteiger partial charge in [0.2, 0.25) is 11.8 Å². The zero-order chi connectivity index (χ0) is 34.9. The monoisotopic (exact) mass is 642 g/mol. The molecule has 14 nitrogen and oxygen atoms in total. The molecule has 3 N–H and O–H groups in total. The molecule has 0 saturated carbocycles. The van der Waals surface area contributed by atoms with E-state index in [0.29, 0.717) is 11.2 Å². The molecule has 0 unspecified atom stereocenters. The number of hydrogen-bond donors (Lipinski definition) is 2. The van der Waals surface area contributed by atoms with E-state index >= 15 is 0 Å². The van der Waals surface area contributed by atoms with Crippen LogP contribution in [0.4, 0.5) is 14.4 Å². The molecular formula is C29H54N6O8Si. The number of urea groups is 3. The topological polar surface area (TPSA) is 180 Å². The molecule has 0 aliphatic rings. The van der Waals surface area contributed by atoms with Crippen molar-refractivity contribution < 1.29 is 38.0 Å². The summed E-state index contributed by atoms with van der Waals surface area (Å²) in [4.78, 5) is 92.6. The van der Waals surface area contributed by atoms with Gasteiger partial charge in [0.15, 0.2) is 8.32 Å². The maximum Gasteiger partial charge on any atom is 0.331 e. The number of nitrogens with two attached hydrogens (primary N) is 1. The summed E-state index contributed by atoms with van der Waals surface area (Å²) < 4.78 is 6.57. The van der Waals surface area contributed by atoms with E-state index in [1.807, 2.05) is 47.7 Å². The van der Waals surface area contributed by atoms with Crippen molar-refractivity contribution in [1.29, 1.82) is 0 Å². The maximum atomic E-state index is 13.8. The third-order valence-corrected chi connectivity index (χ3v) is 12.6. The number of primary amides is 1. The molecule has 0 fully saturated rings. The van der Waals surface area contributed by atoms with E-state index in [1.54, 1.807) is 13.8 Å². The molecule has 44 heavy (non-hydrogen) atoms. The molecule has 9 amide bonds. The summed E-state index contributed by atoms with van der Waals surface area (Å²) >= 11 is 0. The molecule has 0 aromatic heterocycles. The van der Waals surface area contributed by atoms with Crippen molar-refractivity contribution in [3.8, 4) is 0 Å². The Morgan fingerprint density at radius 1 is 0.909 bits per heavy atom. The SMILES string of the molecule is CCC(=O)NC(=O)N(C)C(=O)N(C)[C@@H](CC(C)C)C(=O)N(C)C(=O)N(C)[C@H](C(N)=O)[C@H](O[Si](C)(C)C(C)(C)C)[C@H](C)CC=O. The molecule has 0 spiro atoms. The van der Waals surface area contributed by atoms with Crippen LogP contribution in [0.3, 0.4) is 0 Å². The fraction of sp³-hybridized carbons (Fsp3) is 0.759. The molecule has 0 heterocycles. The van der Waals surface area contributed by atoms with Crippen LogP contribution in [-0.2, 0) is 23.6 Å². The molecule has 0 bridgehead atoms. The Morgan fingerprint density at radius 2 is 1.41 bits per heavy atom. The van der Waals surface area contributed by atoms with Gasteiger partial charge in [-0.25, -0.2) is 19.3 Å². The molecule has 0 aliphatic heterocycles. The van der Waals surface area contributed by atoms with Crippen molar-refractivity contribution >= 4 is 50.4 Å². The predicted octanol–water partition coefficient (Wildman–Crippen LogP) is 3.01. The minimum absolute atomic E-state index is 0.0283. The summed E-state index contributed by atoms with van der Waals surface area (Å²) in [7, 11) is 2.49. The lowest BCUT2D eigenvalue weighted by Gasteiger charge is -2.44. The van der Waals surface area contributed by atoms with Gasteiger partial charge < -0.3 is 24.8 Å². The number of nitrogens with zero attached hydrogens (tertiary/aromatic N) is 4. The molecule has 4 atom stereocenters. The van der Waals surface area contributed by atoms with Gasteiger partial charge in [-0.05, 0) is 36.4 Å². The predicted molar refractivity (Wildman–Crippen MR) is 169 cm³/mol. The third kappa shape index (κ3) is 10.7. The lowest BCUT2D eigenvalue weighted by atomic mass is 9.94. The first kappa shape index (κ1) is 40.7. The highest BCUT2D eigenvalue weighted by Gasteiger charge is 2.46. The Bertz CT molecular complexity index is 1080. The van der Waals surface area contributed by atoms with Crippen molar-refractivity contribution in [2.24, 2.45) is 17.6 Å². The number of imide groups is 3. The van der Waals surface area contributed by atoms with Crippen LogP contribution in [0, 0.1) is 11.8 Å². The molecule has 0 rings (SSSR count). The first-order valence-electron chi connectivity index (χ1n) is 14.8. The van der Waals surface area contributed by atoms with Crippen molar-refractivity contribution in [2.75, 3.05) is 28.2 Å². The number of amides is 9. The second-order valence-corrected chi connectivity index (χ2v) is 17.9. The first-order chi connectivity index (χ1) is 20.0. The Labute approximate surface area is 263 Å². The molecule has 0 saturated heterocycles. The van der Waals surface area contributed by atoms with Crippen LogP contribution in [0.5, 0.6) is 0 Å². The van der Waals surface area contributed by atoms with Crippen molar-refractivity contribution in [3.05, 3.63) is 0 Å². The van der Waals surface area contributed by atoms with E-state index in [0.717, 1.165) is 21.7 Å². The van der Waals surface area contributed by atoms with Gasteiger partial charge in [0, 0.05) is 41.0 Å². The number of likely N-dealkylation sites (N-methyl/N-ethyl adjacent to an activating group) is 3. The van der Waals surface area contributed by atoms with Gasteiger partial charge in [-0.3, -0.25) is 24.6 Å². The zero-order valence-electron chi connectivity index (χ0n) is 28.7. The molecule has 0 aromatic carbocycles. The van der Waals surface area contributed by atoms with Crippen LogP contribution >= 0.6 is 0 Å². The second kappa shape index (κ2) is 16.7. The Hall–Kier alpha value is -3.33. The summed E-state index contributed by atoms with van der Waals surface area (Å²) in [6.45, 7) is 16.9. The lowest BCUT2D eigenvalue weighted by molar-refractivity contribution is -0.134. The summed E-state index contributed by atoms with van der Waals surface area (Å²) in [6, 6.07) is -5.22. The summed E-state index contributed by atoms with van der Waals surface area (Å²) in [5, 5.41) is 1.81. The van der Waals surface area contributed by atoms with Gasteiger partial charge in [-0.1, -0.05) is 48.5 Å². The van der Waals surface area contributed by atoms with Crippen LogP contribution in [0.25, 0.3) is 0 Å². The number of hydrogen-bond acceptors (Lipinski definition) is 8. The standard InChI is InChI=1S/C29H54N6O8Si/c1-14-21(37)31-26(40)35(11)27(41)32(8)20(17-18(2)3)25(39)34(10)28(42)33(9)22(24(30)38)23(19(4)15-16-36)43-44(12,13)29(5,6)7/h16,18-20,22-23H,14-15,17H2,1-13H3,(H2,30,38)(H,31,37,40)/t19-,20+,22+,23-/m1/s1. The number of aldehydes is 1. The van der Waals surface area contributed by atoms with Crippen LogP contribution in [0.15, 0.2) is 0 Å². The highest BCUT2D eigenvalue weighted by atomic mass is 28.4. The summed E-state index contributed by atoms with van der Waals surface area (Å²) in [5.41, 5.74) is 5.82. The van der Waals surface area contributed by atoms with Gasteiger partial charge in [-0.2, -0.15) is 0 Å². The van der Waals surface area contributed by atoms with E-state index in [2.05, 4.69) is 5.32 Å². The highest BCUT2D eigenvalue weighted by Crippen LogP contribution is 2.39. The molecular weight excluding hydrogens is 588 g/mol. The van der Waals surface area contributed by atoms with Crippen molar-refractivity contribution in [1.82, 2.24) is 24.9 Å². The van der Waals surface area contributed by atoms with Crippen molar-refractivity contribution in [2.45, 2.75) is 104 Å². The molecule has 0 aliphatic carbocycles. The van der Waals surface area contributed by atoms with Gasteiger partial charge in [-0.15, -0.1) is 0 Å².